The quantitative estimate of drug-likeness (QED) is 0.642. The molecular weight excluding hydrogens is 389 g/mol. The van der Waals surface area contributed by atoms with Gasteiger partial charge in [0.1, 0.15) is 12.1 Å². The van der Waals surface area contributed by atoms with E-state index in [0.717, 1.165) is 12.1 Å². The predicted octanol–water partition coefficient (Wildman–Crippen LogP) is 3.18. The van der Waals surface area contributed by atoms with Crippen LogP contribution in [0.1, 0.15) is 31.4 Å². The number of nitrogens with one attached hydrogen (secondary N) is 2. The zero-order valence-electron chi connectivity index (χ0n) is 15.7. The number of carbonyl (C=O) groups is 1. The van der Waals surface area contributed by atoms with Crippen molar-refractivity contribution in [1.29, 1.82) is 5.26 Å². The highest BCUT2D eigenvalue weighted by Gasteiger charge is 2.30. The van der Waals surface area contributed by atoms with Crippen molar-refractivity contribution in [3.05, 3.63) is 35.4 Å². The molecule has 2 aromatic rings. The lowest BCUT2D eigenvalue weighted by atomic mass is 10.2. The highest BCUT2D eigenvalue weighted by atomic mass is 19.4. The molecule has 0 saturated carbocycles. The maximum atomic E-state index is 12.8. The van der Waals surface area contributed by atoms with Crippen molar-refractivity contribution in [2.24, 2.45) is 0 Å². The third kappa shape index (κ3) is 5.71. The summed E-state index contributed by atoms with van der Waals surface area (Å²) >= 11 is 0. The minimum atomic E-state index is -4.50. The van der Waals surface area contributed by atoms with E-state index in [2.05, 4.69) is 20.6 Å². The smallest absolute Gasteiger partial charge is 0.416 e. The number of anilines is 3. The molecule has 0 fully saturated rings. The van der Waals surface area contributed by atoms with Gasteiger partial charge < -0.3 is 21.1 Å². The molecule has 0 radical (unpaired) electrons. The van der Waals surface area contributed by atoms with Gasteiger partial charge in [-0.05, 0) is 31.5 Å². The first-order chi connectivity index (χ1) is 13.7. The van der Waals surface area contributed by atoms with E-state index in [1.807, 2.05) is 13.0 Å². The Morgan fingerprint density at radius 2 is 2.10 bits per heavy atom. The van der Waals surface area contributed by atoms with E-state index in [1.165, 1.54) is 19.1 Å². The Kier molecular flexibility index (Phi) is 6.82. The summed E-state index contributed by atoms with van der Waals surface area (Å²) in [6.07, 6.45) is -3.84. The number of hydrogen-bond donors (Lipinski definition) is 3. The maximum absolute atomic E-state index is 12.8. The molecule has 0 saturated heterocycles. The van der Waals surface area contributed by atoms with Gasteiger partial charge in [-0.15, -0.1) is 0 Å². The van der Waals surface area contributed by atoms with Crippen LogP contribution < -0.4 is 21.1 Å². The number of halogens is 3. The van der Waals surface area contributed by atoms with Crippen molar-refractivity contribution in [1.82, 2.24) is 9.97 Å². The second kappa shape index (κ2) is 9.09. The predicted molar refractivity (Wildman–Crippen MR) is 100 cm³/mol. The topological polar surface area (TPSA) is 126 Å². The number of alkyl halides is 3. The van der Waals surface area contributed by atoms with Gasteiger partial charge in [0.2, 0.25) is 17.7 Å². The molecule has 1 atom stereocenters. The zero-order chi connectivity index (χ0) is 21.6. The maximum Gasteiger partial charge on any atom is 0.416 e. The van der Waals surface area contributed by atoms with E-state index >= 15 is 0 Å². The van der Waals surface area contributed by atoms with Crippen LogP contribution in [0.2, 0.25) is 0 Å². The highest BCUT2D eigenvalue weighted by Crippen LogP contribution is 2.31. The average Bonchev–Trinajstić information content (AvgIpc) is 2.65. The number of nitrogens with two attached hydrogens (primary N) is 1. The molecule has 0 unspecified atom stereocenters. The van der Waals surface area contributed by atoms with Crippen molar-refractivity contribution in [2.45, 2.75) is 32.5 Å². The molecule has 29 heavy (non-hydrogen) atoms. The molecule has 1 amide bonds. The summed E-state index contributed by atoms with van der Waals surface area (Å²) in [6.45, 7) is 3.59. The van der Waals surface area contributed by atoms with E-state index in [0.29, 0.717) is 6.42 Å². The second-order valence-corrected chi connectivity index (χ2v) is 6.00. The Morgan fingerprint density at radius 3 is 2.72 bits per heavy atom. The molecule has 11 heteroatoms. The van der Waals surface area contributed by atoms with Crippen LogP contribution in [0, 0.1) is 11.3 Å². The fourth-order valence-corrected chi connectivity index (χ4v) is 2.28. The number of carbonyl (C=O) groups excluding carboxylic acids is 1. The number of hydrogen-bond acceptors (Lipinski definition) is 7. The van der Waals surface area contributed by atoms with Crippen molar-refractivity contribution in [2.75, 3.05) is 23.0 Å². The largest absolute Gasteiger partial charge is 0.477 e. The number of ether oxygens (including phenoxy) is 1. The molecule has 0 aliphatic heterocycles. The van der Waals surface area contributed by atoms with Crippen molar-refractivity contribution < 1.29 is 22.7 Å². The molecule has 4 N–H and O–H groups in total. The van der Waals surface area contributed by atoms with E-state index in [9.17, 15) is 23.2 Å². The summed E-state index contributed by atoms with van der Waals surface area (Å²) in [4.78, 5) is 20.1. The number of amides is 1. The first kappa shape index (κ1) is 21.7. The van der Waals surface area contributed by atoms with Crippen molar-refractivity contribution >= 4 is 23.4 Å². The van der Waals surface area contributed by atoms with Gasteiger partial charge in [-0.1, -0.05) is 13.0 Å². The Labute approximate surface area is 164 Å². The minimum Gasteiger partial charge on any atom is -0.477 e. The number of aromatic nitrogens is 2. The molecule has 8 nitrogen and oxygen atoms in total. The third-order valence-electron chi connectivity index (χ3n) is 3.66. The van der Waals surface area contributed by atoms with Gasteiger partial charge in [0, 0.05) is 5.69 Å². The standard InChI is InChI=1S/C18H19F3N6O2/c1-3-7-29-16-13(9-22)14(26-17(23)27-16)25-15(28)10(2)24-12-6-4-5-11(8-12)18(19,20)21/h4-6,8,10,24H,3,7H2,1-2H3,(H3,23,25,26,27,28)/t10-/m0/s1. The van der Waals surface area contributed by atoms with Crippen LogP contribution in [0.5, 0.6) is 5.88 Å². The number of nitrogens with zero attached hydrogens (tertiary/aromatic N) is 3. The van der Waals surface area contributed by atoms with Crippen LogP contribution in [0.3, 0.4) is 0 Å². The minimum absolute atomic E-state index is 0.0596. The van der Waals surface area contributed by atoms with E-state index in [-0.39, 0.29) is 35.5 Å². The number of nitriles is 1. The molecule has 0 spiro atoms. The van der Waals surface area contributed by atoms with Crippen LogP contribution in [0.15, 0.2) is 24.3 Å². The van der Waals surface area contributed by atoms with Gasteiger partial charge in [-0.3, -0.25) is 4.79 Å². The first-order valence-corrected chi connectivity index (χ1v) is 8.60. The van der Waals surface area contributed by atoms with Crippen LogP contribution in [0.4, 0.5) is 30.6 Å². The molecule has 0 bridgehead atoms. The summed E-state index contributed by atoms with van der Waals surface area (Å²) < 4.78 is 43.8. The monoisotopic (exact) mass is 408 g/mol. The zero-order valence-corrected chi connectivity index (χ0v) is 15.7. The van der Waals surface area contributed by atoms with Gasteiger partial charge in [-0.2, -0.15) is 28.4 Å². The van der Waals surface area contributed by atoms with Crippen molar-refractivity contribution in [3.8, 4) is 11.9 Å². The molecule has 2 rings (SSSR count). The summed E-state index contributed by atoms with van der Waals surface area (Å²) in [5, 5.41) is 14.5. The number of benzene rings is 1. The number of rotatable bonds is 7. The lowest BCUT2D eigenvalue weighted by molar-refractivity contribution is -0.137. The molecule has 0 aliphatic carbocycles. The molecular formula is C18H19F3N6O2. The van der Waals surface area contributed by atoms with Crippen LogP contribution in [-0.2, 0) is 11.0 Å². The van der Waals surface area contributed by atoms with Crippen LogP contribution in [0.25, 0.3) is 0 Å². The second-order valence-electron chi connectivity index (χ2n) is 6.00. The third-order valence-corrected chi connectivity index (χ3v) is 3.66. The van der Waals surface area contributed by atoms with Gasteiger partial charge in [0.05, 0.1) is 12.2 Å². The Bertz CT molecular complexity index is 927. The lowest BCUT2D eigenvalue weighted by Gasteiger charge is -2.17. The Balaban J connectivity index is 2.18. The lowest BCUT2D eigenvalue weighted by Crippen LogP contribution is -2.32. The average molecular weight is 408 g/mol. The summed E-state index contributed by atoms with van der Waals surface area (Å²) in [5.74, 6) is -1.05. The summed E-state index contributed by atoms with van der Waals surface area (Å²) in [5.41, 5.74) is 4.76. The first-order valence-electron chi connectivity index (χ1n) is 8.60. The van der Waals surface area contributed by atoms with Gasteiger partial charge in [-0.25, -0.2) is 0 Å². The normalized spacial score (nSPS) is 12.0. The van der Waals surface area contributed by atoms with Crippen LogP contribution in [-0.4, -0.2) is 28.5 Å². The molecule has 1 heterocycles. The fraction of sp³-hybridized carbons (Fsp3) is 0.333. The van der Waals surface area contributed by atoms with E-state index < -0.39 is 23.7 Å². The Hall–Kier alpha value is -3.55. The van der Waals surface area contributed by atoms with Crippen LogP contribution >= 0.6 is 0 Å². The summed E-state index contributed by atoms with van der Waals surface area (Å²) in [7, 11) is 0. The van der Waals surface area contributed by atoms with Gasteiger partial charge in [0.15, 0.2) is 11.4 Å². The van der Waals surface area contributed by atoms with Gasteiger partial charge >= 0.3 is 6.18 Å². The van der Waals surface area contributed by atoms with E-state index in [4.69, 9.17) is 10.5 Å². The molecule has 0 aliphatic rings. The molecule has 1 aromatic carbocycles. The van der Waals surface area contributed by atoms with Crippen molar-refractivity contribution in [3.63, 3.8) is 0 Å². The van der Waals surface area contributed by atoms with Gasteiger partial charge in [0.25, 0.3) is 0 Å². The SMILES string of the molecule is CCCOc1nc(N)nc(NC(=O)[C@H](C)Nc2cccc(C(F)(F)F)c2)c1C#N. The Morgan fingerprint density at radius 1 is 1.38 bits per heavy atom. The van der Waals surface area contributed by atoms with E-state index in [1.54, 1.807) is 0 Å². The summed E-state index contributed by atoms with van der Waals surface area (Å²) in [6, 6.07) is 5.36. The molecule has 1 aromatic heterocycles. The highest BCUT2D eigenvalue weighted by molar-refractivity contribution is 5.96. The molecule has 154 valence electrons. The fourth-order valence-electron chi connectivity index (χ4n) is 2.28. The number of nitrogen functional groups attached to an aromatic ring is 1.